The van der Waals surface area contributed by atoms with Crippen molar-refractivity contribution >= 4 is 5.82 Å². The van der Waals surface area contributed by atoms with Crippen LogP contribution in [0.4, 0.5) is 5.82 Å². The maximum absolute atomic E-state index is 5.23. The van der Waals surface area contributed by atoms with Gasteiger partial charge >= 0.3 is 0 Å². The second-order valence-electron chi connectivity index (χ2n) is 4.12. The number of nitrogens with zero attached hydrogens (tertiary/aromatic N) is 1. The molecule has 1 aromatic rings. The van der Waals surface area contributed by atoms with Gasteiger partial charge in [0.25, 0.3) is 0 Å². The van der Waals surface area contributed by atoms with Crippen molar-refractivity contribution in [2.75, 3.05) is 19.0 Å². The summed E-state index contributed by atoms with van der Waals surface area (Å²) in [4.78, 5) is 0. The van der Waals surface area contributed by atoms with Crippen LogP contribution in [0.1, 0.15) is 33.5 Å². The topological polar surface area (TPSA) is 47.3 Å². The van der Waals surface area contributed by atoms with Crippen molar-refractivity contribution in [2.45, 2.75) is 40.2 Å². The number of anilines is 1. The molecule has 15 heavy (non-hydrogen) atoms. The molecule has 4 nitrogen and oxygen atoms in total. The molecule has 0 aliphatic carbocycles. The number of hydrogen-bond acceptors (Lipinski definition) is 4. The minimum atomic E-state index is 0.0503. The van der Waals surface area contributed by atoms with E-state index in [1.54, 1.807) is 7.05 Å². The van der Waals surface area contributed by atoms with Crippen LogP contribution in [0.15, 0.2) is 10.6 Å². The average Bonchev–Trinajstić information content (AvgIpc) is 2.50. The molecule has 1 rings (SSSR count). The molecule has 1 N–H and O–H groups in total. The van der Waals surface area contributed by atoms with Gasteiger partial charge < -0.3 is 14.6 Å². The summed E-state index contributed by atoms with van der Waals surface area (Å²) in [6, 6.07) is 1.83. The van der Waals surface area contributed by atoms with Gasteiger partial charge in [-0.25, -0.2) is 0 Å². The highest BCUT2D eigenvalue weighted by molar-refractivity contribution is 5.31. The van der Waals surface area contributed by atoms with Gasteiger partial charge in [0.2, 0.25) is 0 Å². The van der Waals surface area contributed by atoms with Crippen LogP contribution in [0.2, 0.25) is 0 Å². The van der Waals surface area contributed by atoms with E-state index in [9.17, 15) is 0 Å². The zero-order chi connectivity index (χ0) is 11.9. The molecular formula is C11H22N2O2. The van der Waals surface area contributed by atoms with Crippen molar-refractivity contribution in [1.82, 2.24) is 5.16 Å². The molecule has 0 aliphatic rings. The Morgan fingerprint density at radius 2 is 2.07 bits per heavy atom. The summed E-state index contributed by atoms with van der Waals surface area (Å²) in [6.07, 6.45) is 0. The normalized spacial score (nSPS) is 10.5. The third-order valence-corrected chi connectivity index (χ3v) is 1.46. The summed E-state index contributed by atoms with van der Waals surface area (Å²) in [5.74, 6) is 1.61. The Hall–Kier alpha value is -1.03. The van der Waals surface area contributed by atoms with Gasteiger partial charge in [0.05, 0.1) is 5.60 Å². The van der Waals surface area contributed by atoms with Gasteiger partial charge in [0.15, 0.2) is 5.82 Å². The van der Waals surface area contributed by atoms with Crippen LogP contribution in [0.25, 0.3) is 0 Å². The maximum Gasteiger partial charge on any atom is 0.169 e. The van der Waals surface area contributed by atoms with E-state index in [0.717, 1.165) is 18.2 Å². The Morgan fingerprint density at radius 1 is 1.47 bits per heavy atom. The van der Waals surface area contributed by atoms with E-state index in [1.807, 2.05) is 19.9 Å². The zero-order valence-electron chi connectivity index (χ0n) is 10.5. The first-order chi connectivity index (χ1) is 6.89. The molecule has 0 fully saturated rings. The molecule has 0 amide bonds. The molecular weight excluding hydrogens is 192 g/mol. The predicted octanol–water partition coefficient (Wildman–Crippen LogP) is 2.85. The van der Waals surface area contributed by atoms with Gasteiger partial charge in [0, 0.05) is 19.7 Å². The fraction of sp³-hybridized carbons (Fsp3) is 0.727. The van der Waals surface area contributed by atoms with Crippen LogP contribution < -0.4 is 5.32 Å². The number of ether oxygens (including phenoxy) is 1. The van der Waals surface area contributed by atoms with E-state index in [4.69, 9.17) is 9.26 Å². The highest BCUT2D eigenvalue weighted by Gasteiger charge is 2.06. The first kappa shape index (κ1) is 14.0. The van der Waals surface area contributed by atoms with Crippen molar-refractivity contribution < 1.29 is 9.26 Å². The van der Waals surface area contributed by atoms with Gasteiger partial charge in [-0.2, -0.15) is 0 Å². The molecule has 0 saturated heterocycles. The molecule has 0 bridgehead atoms. The summed E-state index contributed by atoms with van der Waals surface area (Å²) >= 11 is 0. The molecule has 0 atom stereocenters. The standard InChI is InChI=1S/C6H14O.C5H8N2O/c1-5-7-6(2,3)4;1-4-3-5(6-2)7-8-4/h5H2,1-4H3;3H,1-2H3,(H,6,7). The van der Waals surface area contributed by atoms with E-state index in [-0.39, 0.29) is 5.60 Å². The van der Waals surface area contributed by atoms with E-state index < -0.39 is 0 Å². The van der Waals surface area contributed by atoms with Gasteiger partial charge in [-0.3, -0.25) is 0 Å². The van der Waals surface area contributed by atoms with Crippen LogP contribution in [-0.4, -0.2) is 24.4 Å². The highest BCUT2D eigenvalue weighted by atomic mass is 16.5. The summed E-state index contributed by atoms with van der Waals surface area (Å²) in [6.45, 7) is 10.8. The maximum atomic E-state index is 5.23. The fourth-order valence-electron chi connectivity index (χ4n) is 0.917. The summed E-state index contributed by atoms with van der Waals surface area (Å²) < 4.78 is 9.97. The number of rotatable bonds is 2. The highest BCUT2D eigenvalue weighted by Crippen LogP contribution is 2.05. The third kappa shape index (κ3) is 8.00. The lowest BCUT2D eigenvalue weighted by atomic mass is 10.2. The molecule has 0 unspecified atom stereocenters. The Balaban J connectivity index is 0.000000265. The third-order valence-electron chi connectivity index (χ3n) is 1.46. The summed E-state index contributed by atoms with van der Waals surface area (Å²) in [5, 5.41) is 6.49. The summed E-state index contributed by atoms with van der Waals surface area (Å²) in [5.41, 5.74) is 0.0503. The van der Waals surface area contributed by atoms with E-state index in [0.29, 0.717) is 0 Å². The molecule has 0 radical (unpaired) electrons. The number of nitrogens with one attached hydrogen (secondary N) is 1. The van der Waals surface area contributed by atoms with Crippen LogP contribution in [0.5, 0.6) is 0 Å². The Bertz CT molecular complexity index is 264. The lowest BCUT2D eigenvalue weighted by Gasteiger charge is -2.17. The second-order valence-corrected chi connectivity index (χ2v) is 4.12. The average molecular weight is 214 g/mol. The quantitative estimate of drug-likeness (QED) is 0.822. The molecule has 1 heterocycles. The summed E-state index contributed by atoms with van der Waals surface area (Å²) in [7, 11) is 1.80. The largest absolute Gasteiger partial charge is 0.376 e. The molecule has 0 saturated carbocycles. The van der Waals surface area contributed by atoms with Crippen LogP contribution in [0.3, 0.4) is 0 Å². The van der Waals surface area contributed by atoms with Crippen molar-refractivity contribution in [3.63, 3.8) is 0 Å². The molecule has 0 aliphatic heterocycles. The number of aromatic nitrogens is 1. The van der Waals surface area contributed by atoms with Crippen LogP contribution >= 0.6 is 0 Å². The van der Waals surface area contributed by atoms with Crippen molar-refractivity contribution in [1.29, 1.82) is 0 Å². The van der Waals surface area contributed by atoms with Crippen molar-refractivity contribution in [3.8, 4) is 0 Å². The Morgan fingerprint density at radius 3 is 2.20 bits per heavy atom. The van der Waals surface area contributed by atoms with Crippen LogP contribution in [-0.2, 0) is 4.74 Å². The smallest absolute Gasteiger partial charge is 0.169 e. The van der Waals surface area contributed by atoms with Gasteiger partial charge in [0.1, 0.15) is 5.76 Å². The van der Waals surface area contributed by atoms with Crippen LogP contribution in [0, 0.1) is 6.92 Å². The molecule has 0 aromatic carbocycles. The molecule has 88 valence electrons. The van der Waals surface area contributed by atoms with E-state index in [2.05, 4.69) is 31.2 Å². The first-order valence-corrected chi connectivity index (χ1v) is 5.14. The SMILES string of the molecule is CCOC(C)(C)C.CNc1cc(C)on1. The Labute approximate surface area is 92.0 Å². The second kappa shape index (κ2) is 6.45. The van der Waals surface area contributed by atoms with E-state index >= 15 is 0 Å². The van der Waals surface area contributed by atoms with Crippen molar-refractivity contribution in [2.24, 2.45) is 0 Å². The minimum absolute atomic E-state index is 0.0503. The van der Waals surface area contributed by atoms with Gasteiger partial charge in [-0.15, -0.1) is 0 Å². The molecule has 0 spiro atoms. The fourth-order valence-corrected chi connectivity index (χ4v) is 0.917. The molecule has 1 aromatic heterocycles. The lowest BCUT2D eigenvalue weighted by Crippen LogP contribution is -2.18. The number of aryl methyl sites for hydroxylation is 1. The number of hydrogen-bond donors (Lipinski definition) is 1. The predicted molar refractivity (Wildman–Crippen MR) is 62.2 cm³/mol. The Kier molecular flexibility index (Phi) is 6.01. The van der Waals surface area contributed by atoms with Gasteiger partial charge in [-0.05, 0) is 34.6 Å². The monoisotopic (exact) mass is 214 g/mol. The van der Waals surface area contributed by atoms with E-state index in [1.165, 1.54) is 0 Å². The van der Waals surface area contributed by atoms with Gasteiger partial charge in [-0.1, -0.05) is 5.16 Å². The van der Waals surface area contributed by atoms with Crippen molar-refractivity contribution in [3.05, 3.63) is 11.8 Å². The lowest BCUT2D eigenvalue weighted by molar-refractivity contribution is 0.00532. The zero-order valence-corrected chi connectivity index (χ0v) is 10.5. The minimum Gasteiger partial charge on any atom is -0.376 e. The first-order valence-electron chi connectivity index (χ1n) is 5.14. The molecule has 4 heteroatoms.